The van der Waals surface area contributed by atoms with Crippen molar-refractivity contribution in [3.8, 4) is 21.8 Å². The van der Waals surface area contributed by atoms with Crippen LogP contribution >= 0.6 is 11.3 Å². The molecule has 0 fully saturated rings. The number of alkyl carbamates (subject to hydrolysis) is 1. The molecule has 0 spiro atoms. The van der Waals surface area contributed by atoms with Gasteiger partial charge in [0.05, 0.1) is 10.6 Å². The van der Waals surface area contributed by atoms with Gasteiger partial charge < -0.3 is 10.1 Å². The van der Waals surface area contributed by atoms with Gasteiger partial charge in [-0.2, -0.15) is 0 Å². The fourth-order valence-corrected chi connectivity index (χ4v) is 5.89. The highest BCUT2D eigenvalue weighted by Gasteiger charge is 2.23. The van der Waals surface area contributed by atoms with Gasteiger partial charge in [0.25, 0.3) is 0 Å². The molecular weight excluding hydrogens is 506 g/mol. The van der Waals surface area contributed by atoms with Crippen molar-refractivity contribution in [2.24, 2.45) is 0 Å². The molecule has 7 nitrogen and oxygen atoms in total. The summed E-state index contributed by atoms with van der Waals surface area (Å²) in [7, 11) is -3.78. The molecule has 4 rings (SSSR count). The maximum atomic E-state index is 13.0. The van der Waals surface area contributed by atoms with E-state index in [9.17, 15) is 13.2 Å². The molecule has 3 aromatic carbocycles. The van der Waals surface area contributed by atoms with E-state index >= 15 is 0 Å². The number of ether oxygens (including phenoxy) is 1. The third-order valence-electron chi connectivity index (χ3n) is 5.21. The first-order valence-corrected chi connectivity index (χ1v) is 14.0. The minimum Gasteiger partial charge on any atom is -0.445 e. The Labute approximate surface area is 221 Å². The van der Waals surface area contributed by atoms with Gasteiger partial charge in [-0.05, 0) is 50.1 Å². The molecule has 4 aromatic rings. The smallest absolute Gasteiger partial charge is 0.407 e. The van der Waals surface area contributed by atoms with Crippen molar-refractivity contribution in [1.82, 2.24) is 15.0 Å². The Kier molecular flexibility index (Phi) is 8.06. The molecule has 0 aliphatic heterocycles. The second-order valence-corrected chi connectivity index (χ2v) is 12.0. The van der Waals surface area contributed by atoms with Crippen molar-refractivity contribution in [2.45, 2.75) is 44.4 Å². The largest absolute Gasteiger partial charge is 0.445 e. The maximum absolute atomic E-state index is 13.0. The number of thiazole rings is 1. The number of carbonyl (C=O) groups excluding carboxylic acids is 1. The Morgan fingerprint density at radius 3 is 2.49 bits per heavy atom. The van der Waals surface area contributed by atoms with Crippen LogP contribution in [0.1, 0.15) is 31.9 Å². The summed E-state index contributed by atoms with van der Waals surface area (Å²) in [4.78, 5) is 17.3. The lowest BCUT2D eigenvalue weighted by molar-refractivity contribution is 0.139. The fraction of sp³-hybridized carbons (Fsp3) is 0.214. The Morgan fingerprint density at radius 1 is 1.05 bits per heavy atom. The second-order valence-electron chi connectivity index (χ2n) is 9.42. The van der Waals surface area contributed by atoms with E-state index in [2.05, 4.69) is 16.1 Å². The SMILES string of the molecule is CC(C)(C)NS(=O)(=O)c1ccc(-c2csc(-c3cc[c]cc3)n2)c(CNC(=O)OCc2ccccc2)c1. The minimum absolute atomic E-state index is 0.0645. The predicted octanol–water partition coefficient (Wildman–Crippen LogP) is 5.78. The fourth-order valence-electron chi connectivity index (χ4n) is 3.60. The summed E-state index contributed by atoms with van der Waals surface area (Å²) in [6.45, 7) is 5.54. The molecule has 1 heterocycles. The van der Waals surface area contributed by atoms with Crippen molar-refractivity contribution in [1.29, 1.82) is 0 Å². The number of nitrogens with zero attached hydrogens (tertiary/aromatic N) is 1. The van der Waals surface area contributed by atoms with Crippen molar-refractivity contribution in [3.63, 3.8) is 0 Å². The molecule has 37 heavy (non-hydrogen) atoms. The molecule has 0 aliphatic carbocycles. The molecule has 0 unspecified atom stereocenters. The number of hydrogen-bond acceptors (Lipinski definition) is 6. The van der Waals surface area contributed by atoms with Crippen LogP contribution in [0.5, 0.6) is 0 Å². The van der Waals surface area contributed by atoms with Crippen LogP contribution in [0.25, 0.3) is 21.8 Å². The van der Waals surface area contributed by atoms with Crippen molar-refractivity contribution in [2.75, 3.05) is 0 Å². The highest BCUT2D eigenvalue weighted by molar-refractivity contribution is 7.89. The molecule has 0 bridgehead atoms. The number of aromatic nitrogens is 1. The topological polar surface area (TPSA) is 97.4 Å². The quantitative estimate of drug-likeness (QED) is 0.299. The van der Waals surface area contributed by atoms with Crippen molar-refractivity contribution in [3.05, 3.63) is 95.4 Å². The molecule has 9 heteroatoms. The third kappa shape index (κ3) is 7.25. The third-order valence-corrected chi connectivity index (χ3v) is 7.86. The molecule has 1 amide bonds. The minimum atomic E-state index is -3.78. The first-order valence-electron chi connectivity index (χ1n) is 11.6. The summed E-state index contributed by atoms with van der Waals surface area (Å²) < 4.78 is 34.0. The Bertz CT molecular complexity index is 1460. The molecule has 1 aromatic heterocycles. The summed E-state index contributed by atoms with van der Waals surface area (Å²) >= 11 is 1.49. The van der Waals surface area contributed by atoms with Crippen LogP contribution in [0.2, 0.25) is 0 Å². The predicted molar refractivity (Wildman–Crippen MR) is 145 cm³/mol. The lowest BCUT2D eigenvalue weighted by atomic mass is 10.1. The van der Waals surface area contributed by atoms with Crippen LogP contribution in [0, 0.1) is 6.07 Å². The van der Waals surface area contributed by atoms with E-state index in [-0.39, 0.29) is 18.0 Å². The normalized spacial score (nSPS) is 11.8. The molecule has 1 radical (unpaired) electrons. The second kappa shape index (κ2) is 11.2. The average Bonchev–Trinajstić information content (AvgIpc) is 3.36. The van der Waals surface area contributed by atoms with Crippen molar-refractivity contribution < 1.29 is 17.9 Å². The van der Waals surface area contributed by atoms with E-state index in [1.807, 2.05) is 60.0 Å². The van der Waals surface area contributed by atoms with Crippen molar-refractivity contribution >= 4 is 27.5 Å². The van der Waals surface area contributed by atoms with Gasteiger partial charge in [0.1, 0.15) is 11.6 Å². The Hall–Kier alpha value is -3.53. The number of nitrogens with one attached hydrogen (secondary N) is 2. The number of carbonyl (C=O) groups is 1. The average molecular weight is 535 g/mol. The summed E-state index contributed by atoms with van der Waals surface area (Å²) in [6, 6.07) is 24.7. The summed E-state index contributed by atoms with van der Waals surface area (Å²) in [5.74, 6) is 0. The van der Waals surface area contributed by atoms with Crippen LogP contribution in [0.4, 0.5) is 4.79 Å². The van der Waals surface area contributed by atoms with E-state index in [4.69, 9.17) is 9.72 Å². The molecule has 0 atom stereocenters. The van der Waals surface area contributed by atoms with Crippen LogP contribution < -0.4 is 10.0 Å². The van der Waals surface area contributed by atoms with Gasteiger partial charge >= 0.3 is 6.09 Å². The zero-order chi connectivity index (χ0) is 26.5. The van der Waals surface area contributed by atoms with E-state index < -0.39 is 21.7 Å². The standard InChI is InChI=1S/C28H28N3O4S2/c1-28(2,3)31-37(33,34)23-14-15-24(25-19-36-26(30-25)21-12-8-5-9-13-21)22(16-23)17-29-27(32)35-18-20-10-6-4-7-11-20/h4,6-16,19,31H,17-18H2,1-3H3,(H,29,32). The van der Waals surface area contributed by atoms with Gasteiger partial charge in [-0.15, -0.1) is 11.3 Å². The number of sulfonamides is 1. The molecule has 0 saturated carbocycles. The van der Waals surface area contributed by atoms with Gasteiger partial charge in [0.2, 0.25) is 10.0 Å². The molecule has 2 N–H and O–H groups in total. The molecular formula is C28H28N3O4S2. The summed E-state index contributed by atoms with van der Waals surface area (Å²) in [5, 5.41) is 5.49. The lowest BCUT2D eigenvalue weighted by Gasteiger charge is -2.21. The van der Waals surface area contributed by atoms with E-state index in [0.717, 1.165) is 21.7 Å². The summed E-state index contributed by atoms with van der Waals surface area (Å²) in [5.41, 5.74) is 3.21. The highest BCUT2D eigenvalue weighted by Crippen LogP contribution is 2.32. The molecule has 0 aliphatic rings. The van der Waals surface area contributed by atoms with E-state index in [1.54, 1.807) is 39.0 Å². The number of benzene rings is 3. The zero-order valence-electron chi connectivity index (χ0n) is 20.8. The van der Waals surface area contributed by atoms with E-state index in [0.29, 0.717) is 11.3 Å². The van der Waals surface area contributed by atoms with Gasteiger partial charge in [-0.25, -0.2) is 22.9 Å². The zero-order valence-corrected chi connectivity index (χ0v) is 22.4. The van der Waals surface area contributed by atoms with Crippen LogP contribution in [0.3, 0.4) is 0 Å². The number of hydrogen-bond donors (Lipinski definition) is 2. The number of amides is 1. The summed E-state index contributed by atoms with van der Waals surface area (Å²) in [6.07, 6.45) is -0.601. The van der Waals surface area contributed by atoms with E-state index in [1.165, 1.54) is 11.3 Å². The first-order chi connectivity index (χ1) is 17.6. The van der Waals surface area contributed by atoms with Crippen LogP contribution in [-0.4, -0.2) is 25.0 Å². The van der Waals surface area contributed by atoms with Crippen LogP contribution in [-0.2, 0) is 27.9 Å². The highest BCUT2D eigenvalue weighted by atomic mass is 32.2. The van der Waals surface area contributed by atoms with Gasteiger partial charge in [0.15, 0.2) is 0 Å². The van der Waals surface area contributed by atoms with Gasteiger partial charge in [-0.3, -0.25) is 0 Å². The van der Waals surface area contributed by atoms with Crippen LogP contribution in [0.15, 0.2) is 83.1 Å². The van der Waals surface area contributed by atoms with Gasteiger partial charge in [0, 0.05) is 28.6 Å². The molecule has 191 valence electrons. The first kappa shape index (κ1) is 26.5. The van der Waals surface area contributed by atoms with Gasteiger partial charge in [-0.1, -0.05) is 60.7 Å². The lowest BCUT2D eigenvalue weighted by Crippen LogP contribution is -2.40. The monoisotopic (exact) mass is 534 g/mol. The Balaban J connectivity index is 1.60. The number of rotatable bonds is 8. The Morgan fingerprint density at radius 2 is 1.78 bits per heavy atom. The molecule has 0 saturated heterocycles. The maximum Gasteiger partial charge on any atom is 0.407 e.